The summed E-state index contributed by atoms with van der Waals surface area (Å²) >= 11 is 0. The summed E-state index contributed by atoms with van der Waals surface area (Å²) in [5.74, 6) is -0.105. The Balaban J connectivity index is 1.76. The zero-order valence-corrected chi connectivity index (χ0v) is 18.0. The van der Waals surface area contributed by atoms with Gasteiger partial charge in [-0.05, 0) is 29.2 Å². The Morgan fingerprint density at radius 2 is 1.80 bits per heavy atom. The molecule has 1 saturated heterocycles. The van der Waals surface area contributed by atoms with Gasteiger partial charge in [-0.15, -0.1) is 0 Å². The smallest absolute Gasteiger partial charge is 0.249 e. The molecule has 0 bridgehead atoms. The first-order chi connectivity index (χ1) is 14.3. The monoisotopic (exact) mass is 432 g/mol. The fourth-order valence-electron chi connectivity index (χ4n) is 3.60. The predicted molar refractivity (Wildman–Crippen MR) is 115 cm³/mol. The Labute approximate surface area is 177 Å². The van der Waals surface area contributed by atoms with Gasteiger partial charge in [0.2, 0.25) is 15.9 Å². The number of morpholine rings is 1. The van der Waals surface area contributed by atoms with E-state index in [1.54, 1.807) is 29.2 Å². The van der Waals surface area contributed by atoms with Gasteiger partial charge in [0.25, 0.3) is 0 Å². The largest absolute Gasteiger partial charge is 0.394 e. The molecule has 1 heterocycles. The molecular formula is C22H28N2O5S. The third kappa shape index (κ3) is 5.59. The number of ether oxygens (including phenoxy) is 1. The molecule has 0 saturated carbocycles. The molecule has 1 fully saturated rings. The van der Waals surface area contributed by atoms with Crippen molar-refractivity contribution in [3.8, 4) is 0 Å². The van der Waals surface area contributed by atoms with Crippen LogP contribution in [0.4, 0.5) is 5.69 Å². The molecule has 0 radical (unpaired) electrons. The van der Waals surface area contributed by atoms with Crippen LogP contribution in [0.25, 0.3) is 0 Å². The second kappa shape index (κ2) is 9.59. The Hall–Kier alpha value is -2.42. The molecule has 8 heteroatoms. The van der Waals surface area contributed by atoms with E-state index < -0.39 is 22.2 Å². The average molecular weight is 433 g/mol. The lowest BCUT2D eigenvalue weighted by Gasteiger charge is -2.40. The molecular weight excluding hydrogens is 404 g/mol. The molecule has 2 aromatic rings. The highest BCUT2D eigenvalue weighted by Crippen LogP contribution is 2.31. The summed E-state index contributed by atoms with van der Waals surface area (Å²) in [5, 5.41) is 10.0. The van der Waals surface area contributed by atoms with Crippen molar-refractivity contribution in [2.45, 2.75) is 32.5 Å². The third-order valence-corrected chi connectivity index (χ3v) is 6.56. The zero-order valence-electron chi connectivity index (χ0n) is 17.2. The SMILES string of the molecule is CC(C)CS(=O)(=O)Nc1ccc([C@H]2OCC(=O)N(Cc3ccccc3)[C@@H]2CO)cc1. The molecule has 3 rings (SSSR count). The van der Waals surface area contributed by atoms with E-state index in [-0.39, 0.29) is 30.8 Å². The fourth-order valence-corrected chi connectivity index (χ4v) is 5.06. The molecule has 2 atom stereocenters. The summed E-state index contributed by atoms with van der Waals surface area (Å²) in [6.45, 7) is 3.77. The van der Waals surface area contributed by atoms with E-state index >= 15 is 0 Å². The van der Waals surface area contributed by atoms with Crippen molar-refractivity contribution in [2.75, 3.05) is 23.7 Å². The van der Waals surface area contributed by atoms with Crippen LogP contribution in [0.5, 0.6) is 0 Å². The van der Waals surface area contributed by atoms with Gasteiger partial charge >= 0.3 is 0 Å². The molecule has 1 aliphatic rings. The van der Waals surface area contributed by atoms with Gasteiger partial charge < -0.3 is 14.7 Å². The van der Waals surface area contributed by atoms with Crippen molar-refractivity contribution in [3.63, 3.8) is 0 Å². The topological polar surface area (TPSA) is 95.9 Å². The lowest BCUT2D eigenvalue weighted by molar-refractivity contribution is -0.162. The molecule has 0 unspecified atom stereocenters. The van der Waals surface area contributed by atoms with Gasteiger partial charge in [-0.1, -0.05) is 56.3 Å². The summed E-state index contributed by atoms with van der Waals surface area (Å²) in [6.07, 6.45) is -0.502. The first-order valence-electron chi connectivity index (χ1n) is 9.95. The number of hydrogen-bond acceptors (Lipinski definition) is 5. The molecule has 1 amide bonds. The van der Waals surface area contributed by atoms with Gasteiger partial charge in [0.15, 0.2) is 0 Å². The number of hydrogen-bond donors (Lipinski definition) is 2. The summed E-state index contributed by atoms with van der Waals surface area (Å²) in [5.41, 5.74) is 2.21. The van der Waals surface area contributed by atoms with Crippen molar-refractivity contribution in [1.82, 2.24) is 4.90 Å². The minimum Gasteiger partial charge on any atom is -0.394 e. The number of anilines is 1. The van der Waals surface area contributed by atoms with E-state index in [0.717, 1.165) is 11.1 Å². The Morgan fingerprint density at radius 1 is 1.13 bits per heavy atom. The van der Waals surface area contributed by atoms with Crippen LogP contribution in [-0.4, -0.2) is 49.3 Å². The maximum atomic E-state index is 12.5. The average Bonchev–Trinajstić information content (AvgIpc) is 2.69. The van der Waals surface area contributed by atoms with Crippen LogP contribution in [0.15, 0.2) is 54.6 Å². The maximum Gasteiger partial charge on any atom is 0.249 e. The van der Waals surface area contributed by atoms with Gasteiger partial charge in [0.05, 0.1) is 18.4 Å². The first-order valence-corrected chi connectivity index (χ1v) is 11.6. The number of sulfonamides is 1. The lowest BCUT2D eigenvalue weighted by atomic mass is 9.98. The number of amides is 1. The van der Waals surface area contributed by atoms with E-state index in [1.165, 1.54) is 0 Å². The van der Waals surface area contributed by atoms with E-state index in [1.807, 2.05) is 44.2 Å². The van der Waals surface area contributed by atoms with Crippen LogP contribution in [0.3, 0.4) is 0 Å². The maximum absolute atomic E-state index is 12.5. The second-order valence-electron chi connectivity index (χ2n) is 7.89. The number of nitrogens with zero attached hydrogens (tertiary/aromatic N) is 1. The Kier molecular flexibility index (Phi) is 7.12. The summed E-state index contributed by atoms with van der Waals surface area (Å²) in [6, 6.07) is 15.9. The Morgan fingerprint density at radius 3 is 2.40 bits per heavy atom. The molecule has 7 nitrogen and oxygen atoms in total. The number of aliphatic hydroxyl groups is 1. The van der Waals surface area contributed by atoms with Crippen LogP contribution >= 0.6 is 0 Å². The highest BCUT2D eigenvalue weighted by molar-refractivity contribution is 7.92. The van der Waals surface area contributed by atoms with Crippen LogP contribution in [0.2, 0.25) is 0 Å². The number of nitrogens with one attached hydrogen (secondary N) is 1. The van der Waals surface area contributed by atoms with Gasteiger partial charge in [-0.25, -0.2) is 8.42 Å². The minimum absolute atomic E-state index is 0.0239. The lowest BCUT2D eigenvalue weighted by Crippen LogP contribution is -2.52. The molecule has 0 spiro atoms. The number of carbonyl (C=O) groups excluding carboxylic acids is 1. The van der Waals surface area contributed by atoms with E-state index in [9.17, 15) is 18.3 Å². The van der Waals surface area contributed by atoms with Crippen LogP contribution in [0.1, 0.15) is 31.1 Å². The normalized spacial score (nSPS) is 19.9. The second-order valence-corrected chi connectivity index (χ2v) is 9.66. The number of benzene rings is 2. The molecule has 2 aromatic carbocycles. The van der Waals surface area contributed by atoms with E-state index in [4.69, 9.17) is 4.74 Å². The molecule has 30 heavy (non-hydrogen) atoms. The van der Waals surface area contributed by atoms with Crippen LogP contribution in [-0.2, 0) is 26.1 Å². The quantitative estimate of drug-likeness (QED) is 0.668. The van der Waals surface area contributed by atoms with Gasteiger partial charge in [-0.2, -0.15) is 0 Å². The van der Waals surface area contributed by atoms with Gasteiger partial charge in [0.1, 0.15) is 12.7 Å². The first kappa shape index (κ1) is 22.3. The van der Waals surface area contributed by atoms with Crippen molar-refractivity contribution >= 4 is 21.6 Å². The van der Waals surface area contributed by atoms with Gasteiger partial charge in [0, 0.05) is 12.2 Å². The summed E-state index contributed by atoms with van der Waals surface area (Å²) in [4.78, 5) is 14.1. The highest BCUT2D eigenvalue weighted by Gasteiger charge is 2.37. The van der Waals surface area contributed by atoms with Crippen molar-refractivity contribution in [3.05, 3.63) is 65.7 Å². The van der Waals surface area contributed by atoms with Crippen molar-refractivity contribution in [2.24, 2.45) is 5.92 Å². The minimum atomic E-state index is -3.41. The summed E-state index contributed by atoms with van der Waals surface area (Å²) in [7, 11) is -3.41. The number of aliphatic hydroxyl groups excluding tert-OH is 1. The predicted octanol–water partition coefficient (Wildman–Crippen LogP) is 2.55. The van der Waals surface area contributed by atoms with E-state index in [2.05, 4.69) is 4.72 Å². The number of rotatable bonds is 8. The van der Waals surface area contributed by atoms with Gasteiger partial charge in [-0.3, -0.25) is 9.52 Å². The third-order valence-electron chi connectivity index (χ3n) is 4.90. The van der Waals surface area contributed by atoms with Crippen LogP contribution in [0, 0.1) is 5.92 Å². The molecule has 1 aliphatic heterocycles. The van der Waals surface area contributed by atoms with Crippen molar-refractivity contribution in [1.29, 1.82) is 0 Å². The van der Waals surface area contributed by atoms with Crippen molar-refractivity contribution < 1.29 is 23.1 Å². The van der Waals surface area contributed by atoms with E-state index in [0.29, 0.717) is 12.2 Å². The molecule has 2 N–H and O–H groups in total. The Bertz CT molecular complexity index is 945. The standard InChI is InChI=1S/C22H28N2O5S/c1-16(2)15-30(27,28)23-19-10-8-18(9-11-19)22-20(13-25)24(21(26)14-29-22)12-17-6-4-3-5-7-17/h3-11,16,20,22-23,25H,12-15H2,1-2H3/t20-,22-/m1/s1. The zero-order chi connectivity index (χ0) is 21.7. The molecule has 0 aliphatic carbocycles. The van der Waals surface area contributed by atoms with Crippen LogP contribution < -0.4 is 4.72 Å². The highest BCUT2D eigenvalue weighted by atomic mass is 32.2. The number of carbonyl (C=O) groups is 1. The fraction of sp³-hybridized carbons (Fsp3) is 0.409. The molecule has 162 valence electrons. The summed E-state index contributed by atoms with van der Waals surface area (Å²) < 4.78 is 32.6. The molecule has 0 aromatic heterocycles.